The van der Waals surface area contributed by atoms with E-state index < -0.39 is 0 Å². The molecule has 4 nitrogen and oxygen atoms in total. The second kappa shape index (κ2) is 12.6. The molecule has 0 aliphatic carbocycles. The number of hydrogen-bond donors (Lipinski definition) is 1. The van der Waals surface area contributed by atoms with Gasteiger partial charge in [-0.15, -0.1) is 0 Å². The number of fused-ring (bicyclic) bond motifs is 1. The largest absolute Gasteiger partial charge is 0.354 e. The molecule has 0 radical (unpaired) electrons. The van der Waals surface area contributed by atoms with Crippen molar-refractivity contribution in [1.29, 1.82) is 0 Å². The molecule has 3 aromatic rings. The van der Waals surface area contributed by atoms with E-state index in [0.29, 0.717) is 29.8 Å². The third-order valence-corrected chi connectivity index (χ3v) is 7.45. The topological polar surface area (TPSA) is 50.7 Å². The second-order valence-corrected chi connectivity index (χ2v) is 12.4. The first-order valence-corrected chi connectivity index (χ1v) is 14.7. The molecule has 0 fully saturated rings. The monoisotopic (exact) mass is 543 g/mol. The maximum atomic E-state index is 13.7. The van der Waals surface area contributed by atoms with E-state index in [-0.39, 0.29) is 5.56 Å². The predicted molar refractivity (Wildman–Crippen MR) is 170 cm³/mol. The van der Waals surface area contributed by atoms with Crippen LogP contribution in [0.4, 0.5) is 0 Å². The molecule has 0 bridgehead atoms. The van der Waals surface area contributed by atoms with Crippen LogP contribution in [-0.2, 0) is 19.3 Å². The number of imidazole rings is 1. The van der Waals surface area contributed by atoms with E-state index in [4.69, 9.17) is 4.98 Å². The fraction of sp³-hybridized carbons (Fsp3) is 0.297. The van der Waals surface area contributed by atoms with Gasteiger partial charge in [0.25, 0.3) is 5.56 Å². The number of nitrogens with zero attached hydrogens (tertiary/aromatic N) is 2. The number of aryl methyl sites for hydroxylation is 1. The molecule has 0 aromatic heterocycles. The Hall–Kier alpha value is -4.18. The smallest absolute Gasteiger partial charge is 0.278 e. The number of hydrogen-bond acceptors (Lipinski definition) is 2. The highest BCUT2D eigenvalue weighted by Crippen LogP contribution is 2.26. The first-order chi connectivity index (χ1) is 19.7. The Bertz CT molecular complexity index is 1620. The van der Waals surface area contributed by atoms with E-state index in [1.807, 2.05) is 42.6 Å². The fourth-order valence-corrected chi connectivity index (χ4v) is 5.61. The standard InChI is InChI=1S/C37H41N3O/c1-27(25-37(2,3)4)14-11-12-17-28-18-13-19-30(22-28)24-33-36(41)40-26-34(31-20-9-6-10-21-31)38-32(35(40)39-33)23-29-15-7-5-8-16-29/h5-10,13,15-16,18-22,26,38H,1,11-12,14,17,23-25H2,2-4H3. The summed E-state index contributed by atoms with van der Waals surface area (Å²) in [5, 5.41) is 0. The Morgan fingerprint density at radius 3 is 2.27 bits per heavy atom. The summed E-state index contributed by atoms with van der Waals surface area (Å²) in [6, 6.07) is 29.1. The minimum absolute atomic E-state index is 0.0525. The molecule has 0 saturated heterocycles. The molecule has 1 N–H and O–H groups in total. The van der Waals surface area contributed by atoms with Crippen LogP contribution in [0.3, 0.4) is 0 Å². The minimum Gasteiger partial charge on any atom is -0.354 e. The number of H-pyrrole nitrogens is 1. The Morgan fingerprint density at radius 1 is 0.854 bits per heavy atom. The van der Waals surface area contributed by atoms with Crippen LogP contribution in [0.2, 0.25) is 0 Å². The molecule has 2 aliphatic heterocycles. The molecule has 0 spiro atoms. The third-order valence-electron chi connectivity index (χ3n) is 7.45. The van der Waals surface area contributed by atoms with Crippen LogP contribution in [0.25, 0.3) is 17.1 Å². The van der Waals surface area contributed by atoms with Crippen molar-refractivity contribution in [2.75, 3.05) is 0 Å². The number of rotatable bonds is 11. The van der Waals surface area contributed by atoms with Gasteiger partial charge in [-0.1, -0.05) is 118 Å². The van der Waals surface area contributed by atoms with E-state index in [0.717, 1.165) is 54.6 Å². The summed E-state index contributed by atoms with van der Waals surface area (Å²) in [6.07, 6.45) is 8.56. The average Bonchev–Trinajstić information content (AvgIpc) is 3.26. The molecule has 3 aromatic carbocycles. The van der Waals surface area contributed by atoms with Gasteiger partial charge in [0.1, 0.15) is 5.69 Å². The van der Waals surface area contributed by atoms with Crippen molar-refractivity contribution < 1.29 is 0 Å². The zero-order valence-corrected chi connectivity index (χ0v) is 24.6. The van der Waals surface area contributed by atoms with Crippen molar-refractivity contribution in [3.8, 4) is 17.1 Å². The number of aromatic nitrogens is 3. The highest BCUT2D eigenvalue weighted by atomic mass is 16.1. The van der Waals surface area contributed by atoms with E-state index in [9.17, 15) is 4.79 Å². The van der Waals surface area contributed by atoms with Gasteiger partial charge in [0.2, 0.25) is 0 Å². The van der Waals surface area contributed by atoms with Crippen molar-refractivity contribution in [2.45, 2.75) is 65.7 Å². The molecule has 210 valence electrons. The minimum atomic E-state index is -0.0525. The Kier molecular flexibility index (Phi) is 8.68. The Morgan fingerprint density at radius 2 is 1.54 bits per heavy atom. The molecular weight excluding hydrogens is 502 g/mol. The summed E-state index contributed by atoms with van der Waals surface area (Å²) in [6.45, 7) is 11.1. The van der Waals surface area contributed by atoms with Gasteiger partial charge in [0.05, 0.1) is 11.4 Å². The van der Waals surface area contributed by atoms with Gasteiger partial charge >= 0.3 is 0 Å². The lowest BCUT2D eigenvalue weighted by Crippen LogP contribution is -2.17. The summed E-state index contributed by atoms with van der Waals surface area (Å²) in [5.74, 6) is 0.695. The van der Waals surface area contributed by atoms with Gasteiger partial charge < -0.3 is 4.98 Å². The Labute approximate surface area is 244 Å². The van der Waals surface area contributed by atoms with Gasteiger partial charge in [0.15, 0.2) is 5.82 Å². The van der Waals surface area contributed by atoms with E-state index in [2.05, 4.69) is 80.9 Å². The molecule has 0 saturated carbocycles. The summed E-state index contributed by atoms with van der Waals surface area (Å²) in [4.78, 5) is 22.1. The van der Waals surface area contributed by atoms with Crippen LogP contribution >= 0.6 is 0 Å². The van der Waals surface area contributed by atoms with Gasteiger partial charge in [0, 0.05) is 19.0 Å². The maximum absolute atomic E-state index is 13.7. The zero-order valence-electron chi connectivity index (χ0n) is 24.6. The normalized spacial score (nSPS) is 11.7. The number of allylic oxidation sites excluding steroid dienone is 1. The first-order valence-electron chi connectivity index (χ1n) is 14.7. The summed E-state index contributed by atoms with van der Waals surface area (Å²) in [7, 11) is 0. The van der Waals surface area contributed by atoms with Crippen molar-refractivity contribution in [3.63, 3.8) is 0 Å². The number of unbranched alkanes of at least 4 members (excludes halogenated alkanes) is 1. The maximum Gasteiger partial charge on any atom is 0.278 e. The zero-order chi connectivity index (χ0) is 28.8. The SMILES string of the molecule is C=C(CCCCc1cccc(Cc2nc3c(Cc4ccccc4)[nH]c(-c4ccccc4)cn-3c2=O)c1)CC(C)(C)C. The van der Waals surface area contributed by atoms with Crippen LogP contribution in [0.15, 0.2) is 108 Å². The van der Waals surface area contributed by atoms with Crippen molar-refractivity contribution >= 4 is 0 Å². The lowest BCUT2D eigenvalue weighted by atomic mass is 9.87. The van der Waals surface area contributed by atoms with Gasteiger partial charge in [-0.05, 0) is 59.8 Å². The highest BCUT2D eigenvalue weighted by molar-refractivity contribution is 5.60. The number of nitrogens with one attached hydrogen (secondary N) is 1. The van der Waals surface area contributed by atoms with Gasteiger partial charge in [-0.25, -0.2) is 4.98 Å². The molecule has 2 aliphatic rings. The average molecular weight is 544 g/mol. The third kappa shape index (κ3) is 7.52. The molecule has 0 unspecified atom stereocenters. The lowest BCUT2D eigenvalue weighted by molar-refractivity contribution is 0.403. The molecule has 2 heterocycles. The van der Waals surface area contributed by atoms with E-state index in [1.54, 1.807) is 4.57 Å². The van der Waals surface area contributed by atoms with Crippen LogP contribution < -0.4 is 5.56 Å². The molecular formula is C37H41N3O. The second-order valence-electron chi connectivity index (χ2n) is 12.4. The lowest BCUT2D eigenvalue weighted by Gasteiger charge is -2.19. The summed E-state index contributed by atoms with van der Waals surface area (Å²) in [5.41, 5.74) is 8.64. The molecule has 5 rings (SSSR count). The van der Waals surface area contributed by atoms with Crippen LogP contribution in [0, 0.1) is 5.41 Å². The molecule has 41 heavy (non-hydrogen) atoms. The number of benzene rings is 3. The van der Waals surface area contributed by atoms with Gasteiger partial charge in [-0.2, -0.15) is 0 Å². The van der Waals surface area contributed by atoms with Crippen LogP contribution in [0.1, 0.15) is 74.5 Å². The number of aromatic amines is 1. The van der Waals surface area contributed by atoms with E-state index >= 15 is 0 Å². The van der Waals surface area contributed by atoms with Gasteiger partial charge in [-0.3, -0.25) is 9.36 Å². The van der Waals surface area contributed by atoms with E-state index in [1.165, 1.54) is 16.7 Å². The van der Waals surface area contributed by atoms with Crippen molar-refractivity contribution in [1.82, 2.24) is 14.5 Å². The fourth-order valence-electron chi connectivity index (χ4n) is 5.61. The predicted octanol–water partition coefficient (Wildman–Crippen LogP) is 8.55. The summed E-state index contributed by atoms with van der Waals surface area (Å²) >= 11 is 0. The van der Waals surface area contributed by atoms with Crippen LogP contribution in [0.5, 0.6) is 0 Å². The molecule has 0 amide bonds. The summed E-state index contributed by atoms with van der Waals surface area (Å²) < 4.78 is 1.72. The first kappa shape index (κ1) is 28.4. The quantitative estimate of drug-likeness (QED) is 0.134. The highest BCUT2D eigenvalue weighted by Gasteiger charge is 2.20. The molecule has 0 atom stereocenters. The van der Waals surface area contributed by atoms with Crippen LogP contribution in [-0.4, -0.2) is 14.5 Å². The Balaban J connectivity index is 1.36. The molecule has 4 heteroatoms. The van der Waals surface area contributed by atoms with Crippen molar-refractivity contribution in [3.05, 3.63) is 142 Å². The van der Waals surface area contributed by atoms with Crippen molar-refractivity contribution in [2.24, 2.45) is 5.41 Å².